The molecule has 0 radical (unpaired) electrons. The van der Waals surface area contributed by atoms with Crippen molar-refractivity contribution in [3.63, 3.8) is 0 Å². The van der Waals surface area contributed by atoms with Gasteiger partial charge in [0.1, 0.15) is 0 Å². The average molecular weight is 1960 g/mol. The number of thioether (sulfide) groups is 2. The molecule has 11 N–H and O–H groups in total. The zero-order valence-electron chi connectivity index (χ0n) is 88.5. The molecule has 0 aliphatic carbocycles. The van der Waals surface area contributed by atoms with Gasteiger partial charge in [0.2, 0.25) is 0 Å². The lowest BCUT2D eigenvalue weighted by Gasteiger charge is -2.25. The molecular formula is C108H211N7O18S2. The number of pyridine rings is 1. The van der Waals surface area contributed by atoms with Crippen molar-refractivity contribution in [1.82, 2.24) is 34.8 Å². The van der Waals surface area contributed by atoms with Crippen LogP contribution in [0.25, 0.3) is 0 Å². The second-order valence-corrected chi connectivity index (χ2v) is 38.1. The van der Waals surface area contributed by atoms with Crippen molar-refractivity contribution in [3.05, 3.63) is 102 Å². The van der Waals surface area contributed by atoms with Crippen LogP contribution in [0.3, 0.4) is 0 Å². The second kappa shape index (κ2) is 107. The summed E-state index contributed by atoms with van der Waals surface area (Å²) in [5.74, 6) is 3.23. The first-order chi connectivity index (χ1) is 65.7. The maximum Gasteiger partial charge on any atom is 0.0975 e. The van der Waals surface area contributed by atoms with E-state index in [4.69, 9.17) is 48.1 Å². The summed E-state index contributed by atoms with van der Waals surface area (Å²) in [5.41, 5.74) is 3.58. The second-order valence-electron chi connectivity index (χ2n) is 36.0. The van der Waals surface area contributed by atoms with Gasteiger partial charge in [0.25, 0.3) is 0 Å². The maximum absolute atomic E-state index is 10.3. The molecule has 25 nitrogen and oxygen atoms in total. The summed E-state index contributed by atoms with van der Waals surface area (Å²) in [6.45, 7) is 50.4. The van der Waals surface area contributed by atoms with Gasteiger partial charge in [-0.1, -0.05) is 265 Å². The Morgan fingerprint density at radius 1 is 0.348 bits per heavy atom. The Morgan fingerprint density at radius 2 is 0.659 bits per heavy atom. The quantitative estimate of drug-likeness (QED) is 0.0185. The number of rotatable bonds is 80. The van der Waals surface area contributed by atoms with Crippen LogP contribution < -0.4 is 5.32 Å². The van der Waals surface area contributed by atoms with E-state index in [0.717, 1.165) is 244 Å². The van der Waals surface area contributed by atoms with E-state index in [0.29, 0.717) is 77.2 Å². The van der Waals surface area contributed by atoms with Crippen LogP contribution in [0.2, 0.25) is 0 Å². The lowest BCUT2D eigenvalue weighted by atomic mass is 10.1. The molecule has 2 saturated heterocycles. The fraction of sp³-hybridized carbons (Fsp3) is 0.843. The van der Waals surface area contributed by atoms with Gasteiger partial charge in [-0.25, -0.2) is 0 Å². The summed E-state index contributed by atoms with van der Waals surface area (Å²) < 4.78 is 43.0. The van der Waals surface area contributed by atoms with Crippen LogP contribution in [0.5, 0.6) is 0 Å². The number of unbranched alkanes of at least 4 members (excludes halogenated alkanes) is 18. The van der Waals surface area contributed by atoms with E-state index in [1.54, 1.807) is 29.7 Å². The van der Waals surface area contributed by atoms with Crippen molar-refractivity contribution in [2.24, 2.45) is 0 Å². The van der Waals surface area contributed by atoms with Gasteiger partial charge in [-0.3, -0.25) is 19.7 Å². The summed E-state index contributed by atoms with van der Waals surface area (Å²) in [7, 11) is 0. The molecule has 9 unspecified atom stereocenters. The average Bonchev–Trinajstić information content (AvgIpc) is 1.79. The molecule has 27 heteroatoms. The zero-order chi connectivity index (χ0) is 100. The van der Waals surface area contributed by atoms with Crippen LogP contribution >= 0.6 is 23.5 Å². The summed E-state index contributed by atoms with van der Waals surface area (Å²) in [6, 6.07) is 27.6. The van der Waals surface area contributed by atoms with Crippen LogP contribution in [-0.2, 0) is 55.9 Å². The Labute approximate surface area is 834 Å². The van der Waals surface area contributed by atoms with E-state index in [9.17, 15) is 40.9 Å². The largest absolute Gasteiger partial charge is 0.390 e. The fourth-order valence-electron chi connectivity index (χ4n) is 13.9. The molecule has 2 aliphatic rings. The number of aliphatic hydroxyl groups is 10. The number of nitrogens with zero attached hydrogens (tertiary/aromatic N) is 6. The van der Waals surface area contributed by atoms with Crippen LogP contribution in [-0.4, -0.2) is 351 Å². The molecule has 798 valence electrons. The molecule has 3 aromatic rings. The predicted molar refractivity (Wildman–Crippen MR) is 567 cm³/mol. The molecule has 2 aliphatic heterocycles. The highest BCUT2D eigenvalue weighted by atomic mass is 32.2. The smallest absolute Gasteiger partial charge is 0.0975 e. The number of likely N-dealkylation sites (tertiary alicyclic amines) is 2. The first-order valence-corrected chi connectivity index (χ1v) is 55.8. The number of benzene rings is 2. The lowest BCUT2D eigenvalue weighted by Crippen LogP contribution is -2.36. The molecule has 2 aromatic carbocycles. The highest BCUT2D eigenvalue weighted by Crippen LogP contribution is 2.20. The van der Waals surface area contributed by atoms with Gasteiger partial charge in [-0.15, -0.1) is 0 Å². The first kappa shape index (κ1) is 136. The molecule has 0 amide bonds. The third-order valence-electron chi connectivity index (χ3n) is 22.5. The topological polar surface area (TPSA) is 317 Å². The number of hydrogen-bond donors (Lipinski definition) is 11. The molecule has 2 fully saturated rings. The van der Waals surface area contributed by atoms with Gasteiger partial charge in [0.15, 0.2) is 0 Å². The van der Waals surface area contributed by atoms with Crippen molar-refractivity contribution in [2.75, 3.05) is 209 Å². The molecule has 3 heterocycles. The van der Waals surface area contributed by atoms with E-state index in [-0.39, 0.29) is 63.2 Å². The number of likely N-dealkylation sites (N-methyl/N-ethyl adjacent to an activating group) is 1. The molecule has 5 rings (SSSR count). The third-order valence-corrected chi connectivity index (χ3v) is 24.8. The van der Waals surface area contributed by atoms with Crippen molar-refractivity contribution in [2.45, 2.75) is 381 Å². The van der Waals surface area contributed by atoms with Gasteiger partial charge in [0.05, 0.1) is 121 Å². The van der Waals surface area contributed by atoms with E-state index in [1.807, 2.05) is 54.6 Å². The minimum absolute atomic E-state index is 0.221. The number of hydrogen-bond acceptors (Lipinski definition) is 27. The zero-order valence-corrected chi connectivity index (χ0v) is 90.1. The Morgan fingerprint density at radius 3 is 0.993 bits per heavy atom. The van der Waals surface area contributed by atoms with Crippen molar-refractivity contribution in [3.8, 4) is 0 Å². The van der Waals surface area contributed by atoms with Gasteiger partial charge in [-0.05, 0) is 166 Å². The van der Waals surface area contributed by atoms with Crippen LogP contribution in [0.1, 0.15) is 319 Å². The van der Waals surface area contributed by atoms with E-state index < -0.39 is 12.2 Å². The van der Waals surface area contributed by atoms with Crippen molar-refractivity contribution >= 4 is 23.5 Å². The van der Waals surface area contributed by atoms with Crippen LogP contribution in [0.15, 0.2) is 85.1 Å². The number of aromatic nitrogens is 1. The molecule has 0 bridgehead atoms. The Hall–Kier alpha value is -2.67. The number of nitrogens with one attached hydrogen (secondary N) is 1. The van der Waals surface area contributed by atoms with Crippen molar-refractivity contribution in [1.29, 1.82) is 0 Å². The van der Waals surface area contributed by atoms with Crippen molar-refractivity contribution < 1.29 is 89.0 Å². The molecule has 0 saturated carbocycles. The number of ether oxygens (including phenoxy) is 8. The van der Waals surface area contributed by atoms with Gasteiger partial charge in [0, 0.05) is 140 Å². The van der Waals surface area contributed by atoms with E-state index in [1.165, 1.54) is 119 Å². The number of β-amino-alcohol motifs (C(OH)–C–C–N with tert-alkyl or cyclic N) is 2. The molecular weight excluding hydrogens is 1750 g/mol. The minimum Gasteiger partial charge on any atom is -0.390 e. The summed E-state index contributed by atoms with van der Waals surface area (Å²) in [5, 5.41) is 98.4. The van der Waals surface area contributed by atoms with E-state index >= 15 is 0 Å². The molecule has 1 aromatic heterocycles. The Balaban J connectivity index is -0.00000149. The monoisotopic (exact) mass is 1960 g/mol. The van der Waals surface area contributed by atoms with Crippen LogP contribution in [0, 0.1) is 0 Å². The normalized spacial score (nSPS) is 15.5. The standard InChI is InChI=1S/C23H49NO2.C14H23NO2.C14H22O2S.C13H21NO2S.2C12H25NO2.C11H25NO2.C9H21NO4/c1-4-7-10-12-14-16-18-24(19-17-15-13-11-8-5-2)21-23(25)22-26-20-9-6-3;1-2-3-9-17-12-14(16)11-15-10-13-7-5-4-6-8-13;1-2-3-9-16-10-14(15)12-17-11-13-7-5-4-6-8-13;1-2-3-8-16-9-13(15)11-17-10-12-6-4-5-7-14-12;2*1-3-4-8-15-10-12(14)9-13-7-5-6-11(13)2;1-4-7-8-14-10-11(13)9-12(5-2)6-3;1-2-3-4-14-6-9(13)5-10(7-11)8-12/h23,25H,4-22H2,1-3H3;4-8,14-16H,2-3,9-12H2,1H3;4-8,14-15H,2-3,9-12H2,1H3;4-7,13,15H,2-3,8-11H2,1H3;2*11-12,14H,3-10H2,1-2H3;11,13H,4-10H2,1-3H3;9,11-13H,2-8H2,1H3/t;;;;11-,12?;;;/m....0.../s1. The molecule has 0 spiro atoms. The Kier molecular flexibility index (Phi) is 108. The Bertz CT molecular complexity index is 2500. The molecule has 135 heavy (non-hydrogen) atoms. The van der Waals surface area contributed by atoms with Gasteiger partial charge >= 0.3 is 0 Å². The summed E-state index contributed by atoms with van der Waals surface area (Å²) >= 11 is 3.43. The molecule has 10 atom stereocenters. The highest BCUT2D eigenvalue weighted by Gasteiger charge is 2.24. The SMILES string of the molecule is CCCCCCCCN(CCCCCCCC)CC(O)COCCCC.CCCCOCC(O)CN(CC)CC.CCCCOCC(O)CN(CO)CO.CCCCOCC(O)CN1CCCC1C.CCCCOCC(O)CN1CCC[C@@H]1C.CCCCOCC(O)CNCc1ccccc1.CCCCOCC(O)CSCc1ccccc1.CCCCOCC(O)CSCc1ccccn1. The van der Waals surface area contributed by atoms with Crippen LogP contribution in [0.4, 0.5) is 0 Å². The minimum atomic E-state index is -0.661. The predicted octanol–water partition coefficient (Wildman–Crippen LogP) is 17.9. The van der Waals surface area contributed by atoms with Gasteiger partial charge in [-0.2, -0.15) is 23.5 Å². The fourth-order valence-corrected chi connectivity index (χ4v) is 15.7. The first-order valence-electron chi connectivity index (χ1n) is 53.4. The van der Waals surface area contributed by atoms with E-state index in [2.05, 4.69) is 151 Å². The third kappa shape index (κ3) is 95.9. The summed E-state index contributed by atoms with van der Waals surface area (Å²) in [6.07, 6.45) is 37.4. The summed E-state index contributed by atoms with van der Waals surface area (Å²) in [4.78, 5) is 14.9. The lowest BCUT2D eigenvalue weighted by molar-refractivity contribution is -0.0303. The number of aliphatic hydroxyl groups excluding tert-OH is 10. The maximum atomic E-state index is 10.3. The van der Waals surface area contributed by atoms with Gasteiger partial charge < -0.3 is 104 Å². The highest BCUT2D eigenvalue weighted by molar-refractivity contribution is 7.98.